The maximum atomic E-state index is 11.4. The molecule has 0 aliphatic rings. The van der Waals surface area contributed by atoms with Gasteiger partial charge in [-0.2, -0.15) is 0 Å². The molecule has 4 nitrogen and oxygen atoms in total. The van der Waals surface area contributed by atoms with E-state index in [0.29, 0.717) is 5.57 Å². The second-order valence-electron chi connectivity index (χ2n) is 3.21. The number of amides is 1. The first-order valence-electron chi connectivity index (χ1n) is 4.36. The van der Waals surface area contributed by atoms with E-state index >= 15 is 0 Å². The Kier molecular flexibility index (Phi) is 3.94. The third-order valence-corrected chi connectivity index (χ3v) is 3.95. The first kappa shape index (κ1) is 13.0. The average Bonchev–Trinajstić information content (AvgIpc) is 2.16. The molecule has 0 saturated heterocycles. The molecular weight excluding hydrogens is 289 g/mol. The van der Waals surface area contributed by atoms with Crippen molar-refractivity contribution >= 4 is 35.4 Å². The van der Waals surface area contributed by atoms with E-state index in [9.17, 15) is 13.2 Å². The van der Waals surface area contributed by atoms with Crippen LogP contribution < -0.4 is 5.32 Å². The molecule has 1 aromatic rings. The number of benzene rings is 1. The number of nitrogens with one attached hydrogen (secondary N) is 1. The van der Waals surface area contributed by atoms with Crippen LogP contribution in [-0.4, -0.2) is 30.0 Å². The van der Waals surface area contributed by atoms with Gasteiger partial charge in [-0.15, -0.1) is 0 Å². The van der Waals surface area contributed by atoms with E-state index < -0.39 is 14.0 Å². The summed E-state index contributed by atoms with van der Waals surface area (Å²) >= 11 is 1.58. The standard InChI is InChI=1S/C10H10AsNO3S/c1-7(2)10(13)12-8-5-3-4-6-9(8)16(11,14)15/h3-6H,1H2,2H3,(H,12,13). The van der Waals surface area contributed by atoms with Gasteiger partial charge in [0.25, 0.3) is 0 Å². The fourth-order valence-corrected chi connectivity index (χ4v) is 2.67. The van der Waals surface area contributed by atoms with Gasteiger partial charge in [0.05, 0.1) is 0 Å². The van der Waals surface area contributed by atoms with E-state index in [-0.39, 0.29) is 10.6 Å². The summed E-state index contributed by atoms with van der Waals surface area (Å²) in [5, 5.41) is 2.49. The minimum atomic E-state index is -3.41. The zero-order chi connectivity index (χ0) is 12.3. The fourth-order valence-electron chi connectivity index (χ4n) is 1.02. The van der Waals surface area contributed by atoms with E-state index in [0.717, 1.165) is 0 Å². The normalized spacial score (nSPS) is 10.9. The van der Waals surface area contributed by atoms with Gasteiger partial charge in [-0.3, -0.25) is 0 Å². The molecule has 1 N–H and O–H groups in total. The molecule has 1 amide bonds. The van der Waals surface area contributed by atoms with Gasteiger partial charge >= 0.3 is 102 Å². The van der Waals surface area contributed by atoms with Gasteiger partial charge in [-0.1, -0.05) is 0 Å². The van der Waals surface area contributed by atoms with Crippen LogP contribution in [0.2, 0.25) is 0 Å². The summed E-state index contributed by atoms with van der Waals surface area (Å²) in [5.74, 6) is -0.399. The number of hydrogen-bond acceptors (Lipinski definition) is 3. The van der Waals surface area contributed by atoms with E-state index in [1.54, 1.807) is 34.8 Å². The summed E-state index contributed by atoms with van der Waals surface area (Å²) in [5.41, 5.74) is 0.578. The van der Waals surface area contributed by atoms with Crippen LogP contribution in [0.1, 0.15) is 6.92 Å². The third-order valence-electron chi connectivity index (χ3n) is 1.80. The first-order chi connectivity index (χ1) is 7.32. The van der Waals surface area contributed by atoms with Gasteiger partial charge in [0.1, 0.15) is 0 Å². The molecule has 6 heteroatoms. The number of rotatable bonds is 3. The molecule has 0 aromatic heterocycles. The number of carbonyl (C=O) groups is 1. The SMILES string of the molecule is C=C(C)C(=O)Nc1ccccc1S(=O)(=O)[As]. The molecule has 1 rings (SSSR count). The summed E-state index contributed by atoms with van der Waals surface area (Å²) in [4.78, 5) is 11.5. The van der Waals surface area contributed by atoms with Crippen LogP contribution in [0.3, 0.4) is 0 Å². The van der Waals surface area contributed by atoms with E-state index in [1.165, 1.54) is 12.1 Å². The quantitative estimate of drug-likeness (QED) is 0.670. The van der Waals surface area contributed by atoms with Gasteiger partial charge in [0.15, 0.2) is 0 Å². The van der Waals surface area contributed by atoms with Crippen molar-refractivity contribution in [3.8, 4) is 0 Å². The second-order valence-corrected chi connectivity index (χ2v) is 7.62. The van der Waals surface area contributed by atoms with Gasteiger partial charge in [-0.05, 0) is 0 Å². The Labute approximate surface area is 102 Å². The van der Waals surface area contributed by atoms with Crippen LogP contribution >= 0.6 is 0 Å². The Morgan fingerprint density at radius 2 is 1.94 bits per heavy atom. The molecule has 0 heterocycles. The summed E-state index contributed by atoms with van der Waals surface area (Å²) in [6.07, 6.45) is 0. The maximum absolute atomic E-state index is 11.4. The van der Waals surface area contributed by atoms with Crippen LogP contribution in [0, 0.1) is 0 Å². The second kappa shape index (κ2) is 4.85. The van der Waals surface area contributed by atoms with Crippen molar-refractivity contribution in [2.75, 3.05) is 5.32 Å². The Morgan fingerprint density at radius 1 is 1.38 bits per heavy atom. The number of carbonyl (C=O) groups excluding carboxylic acids is 1. The number of para-hydroxylation sites is 1. The van der Waals surface area contributed by atoms with Crippen LogP contribution in [-0.2, 0) is 12.9 Å². The summed E-state index contributed by atoms with van der Waals surface area (Å²) in [6.45, 7) is 5.03. The van der Waals surface area contributed by atoms with Gasteiger partial charge in [0, 0.05) is 0 Å². The minimum absolute atomic E-state index is 0.0737. The van der Waals surface area contributed by atoms with Crippen molar-refractivity contribution in [1.82, 2.24) is 0 Å². The van der Waals surface area contributed by atoms with Gasteiger partial charge in [0.2, 0.25) is 0 Å². The topological polar surface area (TPSA) is 63.2 Å². The zero-order valence-electron chi connectivity index (χ0n) is 8.60. The van der Waals surface area contributed by atoms with Gasteiger partial charge in [-0.25, -0.2) is 0 Å². The molecule has 1 aromatic carbocycles. The molecule has 0 aliphatic heterocycles. The van der Waals surface area contributed by atoms with Crippen molar-refractivity contribution in [2.24, 2.45) is 0 Å². The first-order valence-corrected chi connectivity index (χ1v) is 8.09. The summed E-state index contributed by atoms with van der Waals surface area (Å²) in [7, 11) is -3.41. The Bertz CT molecular complexity index is 537. The van der Waals surface area contributed by atoms with Crippen LogP contribution in [0.25, 0.3) is 0 Å². The van der Waals surface area contributed by atoms with E-state index in [1.807, 2.05) is 0 Å². The van der Waals surface area contributed by atoms with E-state index in [4.69, 9.17) is 0 Å². The molecule has 0 atom stereocenters. The molecular formula is C10H10AsNO3S. The van der Waals surface area contributed by atoms with E-state index in [2.05, 4.69) is 11.9 Å². The molecule has 0 spiro atoms. The van der Waals surface area contributed by atoms with Crippen molar-refractivity contribution in [1.29, 1.82) is 0 Å². The Hall–Kier alpha value is -1.06. The predicted molar refractivity (Wildman–Crippen MR) is 62.8 cm³/mol. The Morgan fingerprint density at radius 3 is 2.44 bits per heavy atom. The van der Waals surface area contributed by atoms with Crippen LogP contribution in [0.5, 0.6) is 0 Å². The average molecular weight is 299 g/mol. The summed E-state index contributed by atoms with van der Waals surface area (Å²) < 4.78 is 22.8. The van der Waals surface area contributed by atoms with Crippen molar-refractivity contribution in [3.05, 3.63) is 36.4 Å². The third kappa shape index (κ3) is 3.22. The fraction of sp³-hybridized carbons (Fsp3) is 0.100. The molecule has 0 unspecified atom stereocenters. The molecule has 0 saturated carbocycles. The van der Waals surface area contributed by atoms with Crippen molar-refractivity contribution in [2.45, 2.75) is 11.8 Å². The van der Waals surface area contributed by atoms with Crippen molar-refractivity contribution < 1.29 is 13.2 Å². The van der Waals surface area contributed by atoms with Crippen LogP contribution in [0.15, 0.2) is 41.3 Å². The monoisotopic (exact) mass is 299 g/mol. The number of hydrogen-bond donors (Lipinski definition) is 1. The summed E-state index contributed by atoms with van der Waals surface area (Å²) in [6, 6.07) is 6.20. The van der Waals surface area contributed by atoms with Crippen molar-refractivity contribution in [3.63, 3.8) is 0 Å². The predicted octanol–water partition coefficient (Wildman–Crippen LogP) is 1.06. The molecule has 0 fully saturated rings. The zero-order valence-corrected chi connectivity index (χ0v) is 11.3. The number of anilines is 1. The molecule has 0 bridgehead atoms. The Balaban J connectivity index is 3.16. The molecule has 16 heavy (non-hydrogen) atoms. The van der Waals surface area contributed by atoms with Gasteiger partial charge < -0.3 is 0 Å². The molecule has 84 valence electrons. The molecule has 2 radical (unpaired) electrons. The molecule has 0 aliphatic carbocycles. The van der Waals surface area contributed by atoms with Crippen LogP contribution in [0.4, 0.5) is 5.69 Å².